The summed E-state index contributed by atoms with van der Waals surface area (Å²) in [6, 6.07) is 0.676. The maximum Gasteiger partial charge on any atom is 0.193 e. The number of guanidine groups is 1. The first-order chi connectivity index (χ1) is 13.7. The van der Waals surface area contributed by atoms with Gasteiger partial charge in [-0.05, 0) is 50.1 Å². The second-order valence-corrected chi connectivity index (χ2v) is 9.10. The van der Waals surface area contributed by atoms with Crippen LogP contribution >= 0.6 is 24.0 Å². The third-order valence-corrected chi connectivity index (χ3v) is 7.11. The van der Waals surface area contributed by atoms with Crippen LogP contribution in [-0.4, -0.2) is 71.4 Å². The van der Waals surface area contributed by atoms with Crippen LogP contribution in [0.3, 0.4) is 0 Å². The van der Waals surface area contributed by atoms with Gasteiger partial charge in [-0.2, -0.15) is 5.10 Å². The van der Waals surface area contributed by atoms with E-state index in [9.17, 15) is 0 Å². The van der Waals surface area contributed by atoms with Gasteiger partial charge in [-0.15, -0.1) is 24.0 Å². The summed E-state index contributed by atoms with van der Waals surface area (Å²) >= 11 is 0. The minimum Gasteiger partial charge on any atom is -0.355 e. The lowest BCUT2D eigenvalue weighted by molar-refractivity contribution is 0.187. The monoisotopic (exact) mass is 514 g/mol. The Bertz CT molecular complexity index is 653. The molecular weight excluding hydrogens is 475 g/mol. The van der Waals surface area contributed by atoms with E-state index in [1.165, 1.54) is 70.0 Å². The highest BCUT2D eigenvalue weighted by Gasteiger charge is 2.30. The standard InChI is InChI=1S/C22H38N6.HI/c1-23-22(28-12-10-19(17-28)20-13-25-26(2)16-20)24-14-21-9-6-11-27(21)15-18-7-4-3-5-8-18;/h13,16,18-19,21H,3-12,14-15,17H2,1-2H3,(H,23,24);1H. The number of nitrogens with one attached hydrogen (secondary N) is 1. The Morgan fingerprint density at radius 2 is 1.97 bits per heavy atom. The van der Waals surface area contributed by atoms with E-state index >= 15 is 0 Å². The van der Waals surface area contributed by atoms with Gasteiger partial charge in [-0.3, -0.25) is 14.6 Å². The van der Waals surface area contributed by atoms with Gasteiger partial charge in [0.1, 0.15) is 0 Å². The van der Waals surface area contributed by atoms with Crippen molar-refractivity contribution in [3.05, 3.63) is 18.0 Å². The fraction of sp³-hybridized carbons (Fsp3) is 0.818. The number of nitrogens with zero attached hydrogens (tertiary/aromatic N) is 5. The van der Waals surface area contributed by atoms with Crippen molar-refractivity contribution in [3.8, 4) is 0 Å². The number of hydrogen-bond donors (Lipinski definition) is 1. The lowest BCUT2D eigenvalue weighted by Crippen LogP contribution is -2.47. The molecule has 3 aliphatic rings. The molecule has 0 aromatic carbocycles. The van der Waals surface area contributed by atoms with Crippen molar-refractivity contribution in [1.29, 1.82) is 0 Å². The third kappa shape index (κ3) is 5.87. The molecular formula is C22H39IN6. The van der Waals surface area contributed by atoms with E-state index in [1.54, 1.807) is 0 Å². The molecule has 29 heavy (non-hydrogen) atoms. The fourth-order valence-electron chi connectivity index (χ4n) is 5.49. The van der Waals surface area contributed by atoms with Crippen molar-refractivity contribution >= 4 is 29.9 Å². The number of aromatic nitrogens is 2. The summed E-state index contributed by atoms with van der Waals surface area (Å²) in [5.41, 5.74) is 1.36. The van der Waals surface area contributed by atoms with Crippen molar-refractivity contribution in [2.75, 3.05) is 39.8 Å². The van der Waals surface area contributed by atoms with Gasteiger partial charge in [-0.1, -0.05) is 19.3 Å². The van der Waals surface area contributed by atoms with Gasteiger partial charge < -0.3 is 10.2 Å². The summed E-state index contributed by atoms with van der Waals surface area (Å²) < 4.78 is 1.91. The quantitative estimate of drug-likeness (QED) is 0.372. The molecule has 2 unspecified atom stereocenters. The molecule has 0 amide bonds. The summed E-state index contributed by atoms with van der Waals surface area (Å²) in [5.74, 6) is 2.59. The summed E-state index contributed by atoms with van der Waals surface area (Å²) in [6.45, 7) is 5.76. The lowest BCUT2D eigenvalue weighted by atomic mass is 9.89. The maximum absolute atomic E-state index is 4.60. The van der Waals surface area contributed by atoms with E-state index in [0.29, 0.717) is 12.0 Å². The van der Waals surface area contributed by atoms with Gasteiger partial charge in [0.05, 0.1) is 6.20 Å². The fourth-order valence-corrected chi connectivity index (χ4v) is 5.49. The van der Waals surface area contributed by atoms with Crippen LogP contribution < -0.4 is 5.32 Å². The number of aliphatic imine (C=N–C) groups is 1. The normalized spacial score (nSPS) is 26.7. The second-order valence-electron chi connectivity index (χ2n) is 9.10. The van der Waals surface area contributed by atoms with Crippen molar-refractivity contribution in [2.24, 2.45) is 18.0 Å². The molecule has 0 spiro atoms. The number of hydrogen-bond acceptors (Lipinski definition) is 3. The summed E-state index contributed by atoms with van der Waals surface area (Å²) in [5, 5.41) is 8.05. The molecule has 3 heterocycles. The van der Waals surface area contributed by atoms with Crippen LogP contribution in [0, 0.1) is 5.92 Å². The van der Waals surface area contributed by atoms with Gasteiger partial charge in [0, 0.05) is 58.4 Å². The molecule has 2 saturated heterocycles. The number of rotatable bonds is 5. The molecule has 3 fully saturated rings. The highest BCUT2D eigenvalue weighted by molar-refractivity contribution is 14.0. The molecule has 1 aromatic rings. The number of halogens is 1. The molecule has 1 N–H and O–H groups in total. The molecule has 6 nitrogen and oxygen atoms in total. The van der Waals surface area contributed by atoms with Crippen molar-refractivity contribution < 1.29 is 0 Å². The predicted octanol–water partition coefficient (Wildman–Crippen LogP) is 3.45. The molecule has 1 aromatic heterocycles. The first kappa shape index (κ1) is 22.8. The zero-order valence-electron chi connectivity index (χ0n) is 18.2. The molecule has 2 aliphatic heterocycles. The Kier molecular flexibility index (Phi) is 8.65. The van der Waals surface area contributed by atoms with Gasteiger partial charge in [0.15, 0.2) is 5.96 Å². The largest absolute Gasteiger partial charge is 0.355 e. The summed E-state index contributed by atoms with van der Waals surface area (Å²) in [7, 11) is 3.92. The van der Waals surface area contributed by atoms with E-state index < -0.39 is 0 Å². The van der Waals surface area contributed by atoms with E-state index in [0.717, 1.165) is 31.5 Å². The predicted molar refractivity (Wildman–Crippen MR) is 130 cm³/mol. The Balaban J connectivity index is 0.00000240. The van der Waals surface area contributed by atoms with Gasteiger partial charge in [0.2, 0.25) is 0 Å². The van der Waals surface area contributed by atoms with Gasteiger partial charge >= 0.3 is 0 Å². The molecule has 2 atom stereocenters. The van der Waals surface area contributed by atoms with Crippen molar-refractivity contribution in [2.45, 2.75) is 63.3 Å². The van der Waals surface area contributed by atoms with Crippen LogP contribution in [0.2, 0.25) is 0 Å². The molecule has 1 saturated carbocycles. The highest BCUT2D eigenvalue weighted by atomic mass is 127. The Labute approximate surface area is 193 Å². The minimum absolute atomic E-state index is 0. The first-order valence-corrected chi connectivity index (χ1v) is 11.4. The van der Waals surface area contributed by atoms with E-state index in [-0.39, 0.29) is 24.0 Å². The van der Waals surface area contributed by atoms with Gasteiger partial charge in [0.25, 0.3) is 0 Å². The van der Waals surface area contributed by atoms with Crippen LogP contribution in [-0.2, 0) is 7.05 Å². The average molecular weight is 515 g/mol. The topological polar surface area (TPSA) is 48.7 Å². The Morgan fingerprint density at radius 1 is 1.14 bits per heavy atom. The molecule has 0 bridgehead atoms. The molecule has 164 valence electrons. The SMILES string of the molecule is CN=C(NCC1CCCN1CC1CCCCC1)N1CCC(c2cnn(C)c2)C1.I. The smallest absolute Gasteiger partial charge is 0.193 e. The number of aryl methyl sites for hydroxylation is 1. The zero-order chi connectivity index (χ0) is 19.3. The van der Waals surface area contributed by atoms with Crippen LogP contribution in [0.25, 0.3) is 0 Å². The Morgan fingerprint density at radius 3 is 2.69 bits per heavy atom. The van der Waals surface area contributed by atoms with Crippen molar-refractivity contribution in [3.63, 3.8) is 0 Å². The molecule has 0 radical (unpaired) electrons. The average Bonchev–Trinajstić information content (AvgIpc) is 3.45. The summed E-state index contributed by atoms with van der Waals surface area (Å²) in [6.07, 6.45) is 15.3. The van der Waals surface area contributed by atoms with Crippen molar-refractivity contribution in [1.82, 2.24) is 24.9 Å². The molecule has 4 rings (SSSR count). The van der Waals surface area contributed by atoms with E-state index in [2.05, 4.69) is 31.4 Å². The zero-order valence-corrected chi connectivity index (χ0v) is 20.6. The van der Waals surface area contributed by atoms with Crippen LogP contribution in [0.5, 0.6) is 0 Å². The van der Waals surface area contributed by atoms with Crippen LogP contribution in [0.15, 0.2) is 17.4 Å². The van der Waals surface area contributed by atoms with Crippen LogP contribution in [0.4, 0.5) is 0 Å². The molecule has 7 heteroatoms. The Hall–Kier alpha value is -0.830. The van der Waals surface area contributed by atoms with E-state index in [1.807, 2.05) is 25.0 Å². The van der Waals surface area contributed by atoms with Gasteiger partial charge in [-0.25, -0.2) is 0 Å². The second kappa shape index (κ2) is 11.0. The third-order valence-electron chi connectivity index (χ3n) is 7.11. The lowest BCUT2D eigenvalue weighted by Gasteiger charge is -2.32. The van der Waals surface area contributed by atoms with E-state index in [4.69, 9.17) is 0 Å². The highest BCUT2D eigenvalue weighted by Crippen LogP contribution is 2.28. The summed E-state index contributed by atoms with van der Waals surface area (Å²) in [4.78, 5) is 9.79. The number of likely N-dealkylation sites (tertiary alicyclic amines) is 2. The maximum atomic E-state index is 4.60. The minimum atomic E-state index is 0. The molecule has 1 aliphatic carbocycles. The van der Waals surface area contributed by atoms with Crippen LogP contribution in [0.1, 0.15) is 62.8 Å². The first-order valence-electron chi connectivity index (χ1n) is 11.4.